The van der Waals surface area contributed by atoms with Gasteiger partial charge in [-0.05, 0) is 31.8 Å². The first-order valence-electron chi connectivity index (χ1n) is 5.49. The number of nitrogens with zero attached hydrogens (tertiary/aromatic N) is 1. The van der Waals surface area contributed by atoms with Crippen LogP contribution >= 0.6 is 0 Å². The third-order valence-electron chi connectivity index (χ3n) is 2.99. The third kappa shape index (κ3) is 3.39. The van der Waals surface area contributed by atoms with Crippen molar-refractivity contribution in [2.24, 2.45) is 11.8 Å². The average Bonchev–Trinajstić information content (AvgIpc) is 2.19. The molecule has 14 heavy (non-hydrogen) atoms. The molecule has 1 aliphatic rings. The highest BCUT2D eigenvalue weighted by atomic mass is 16.3. The van der Waals surface area contributed by atoms with Gasteiger partial charge in [-0.3, -0.25) is 9.69 Å². The second kappa shape index (κ2) is 5.47. The van der Waals surface area contributed by atoms with Crippen LogP contribution in [0, 0.1) is 11.8 Å². The maximum Gasteiger partial charge on any atom is 0.149 e. The summed E-state index contributed by atoms with van der Waals surface area (Å²) in [7, 11) is 0. The second-order valence-electron chi connectivity index (χ2n) is 4.52. The quantitative estimate of drug-likeness (QED) is 0.732. The molecule has 0 aromatic rings. The van der Waals surface area contributed by atoms with Gasteiger partial charge in [0.1, 0.15) is 5.78 Å². The van der Waals surface area contributed by atoms with E-state index in [1.54, 1.807) is 0 Å². The molecule has 1 rings (SSSR count). The van der Waals surface area contributed by atoms with E-state index in [9.17, 15) is 4.79 Å². The largest absolute Gasteiger partial charge is 0.396 e. The molecule has 1 saturated heterocycles. The number of rotatable bonds is 4. The Morgan fingerprint density at radius 3 is 2.43 bits per heavy atom. The first-order chi connectivity index (χ1) is 6.63. The van der Waals surface area contributed by atoms with Gasteiger partial charge in [-0.1, -0.05) is 13.8 Å². The van der Waals surface area contributed by atoms with Gasteiger partial charge < -0.3 is 5.11 Å². The molecule has 1 fully saturated rings. The summed E-state index contributed by atoms with van der Waals surface area (Å²) < 4.78 is 0. The van der Waals surface area contributed by atoms with E-state index in [1.165, 1.54) is 0 Å². The molecule has 1 aliphatic heterocycles. The van der Waals surface area contributed by atoms with E-state index < -0.39 is 0 Å². The van der Waals surface area contributed by atoms with Crippen molar-refractivity contribution >= 4 is 5.78 Å². The lowest BCUT2D eigenvalue weighted by molar-refractivity contribution is -0.123. The molecule has 0 amide bonds. The van der Waals surface area contributed by atoms with Gasteiger partial charge in [-0.15, -0.1) is 0 Å². The Balaban J connectivity index is 2.25. The molecule has 3 heteroatoms. The van der Waals surface area contributed by atoms with Crippen molar-refractivity contribution in [1.82, 2.24) is 4.90 Å². The van der Waals surface area contributed by atoms with Crippen LogP contribution in [0.1, 0.15) is 26.7 Å². The van der Waals surface area contributed by atoms with Crippen molar-refractivity contribution in [3.63, 3.8) is 0 Å². The summed E-state index contributed by atoms with van der Waals surface area (Å²) in [6.45, 7) is 6.71. The molecule has 0 saturated carbocycles. The number of Topliss-reactive ketones (excluding diaryl/α,β-unsaturated/α-hetero) is 1. The number of hydrogen-bond donors (Lipinski definition) is 1. The molecule has 0 aromatic heterocycles. The summed E-state index contributed by atoms with van der Waals surface area (Å²) in [4.78, 5) is 13.7. The number of carbonyl (C=O) groups excluding carboxylic acids is 1. The first-order valence-corrected chi connectivity index (χ1v) is 5.49. The fraction of sp³-hybridized carbons (Fsp3) is 0.909. The van der Waals surface area contributed by atoms with Crippen molar-refractivity contribution in [3.05, 3.63) is 0 Å². The Morgan fingerprint density at radius 2 is 2.00 bits per heavy atom. The molecule has 0 aliphatic carbocycles. The van der Waals surface area contributed by atoms with Crippen LogP contribution in [0.5, 0.6) is 0 Å². The van der Waals surface area contributed by atoms with Gasteiger partial charge in [0.05, 0.1) is 6.54 Å². The van der Waals surface area contributed by atoms with Crippen molar-refractivity contribution < 1.29 is 9.90 Å². The van der Waals surface area contributed by atoms with Crippen molar-refractivity contribution in [3.8, 4) is 0 Å². The van der Waals surface area contributed by atoms with E-state index in [0.717, 1.165) is 25.9 Å². The Morgan fingerprint density at radius 1 is 1.43 bits per heavy atom. The van der Waals surface area contributed by atoms with E-state index in [4.69, 9.17) is 5.11 Å². The van der Waals surface area contributed by atoms with Crippen molar-refractivity contribution in [2.45, 2.75) is 26.7 Å². The van der Waals surface area contributed by atoms with Crippen LogP contribution in [-0.2, 0) is 4.79 Å². The topological polar surface area (TPSA) is 40.5 Å². The van der Waals surface area contributed by atoms with Crippen LogP contribution in [0.25, 0.3) is 0 Å². The molecule has 82 valence electrons. The van der Waals surface area contributed by atoms with Gasteiger partial charge in [0.15, 0.2) is 0 Å². The molecule has 0 bridgehead atoms. The van der Waals surface area contributed by atoms with E-state index >= 15 is 0 Å². The summed E-state index contributed by atoms with van der Waals surface area (Å²) in [5.41, 5.74) is 0. The van der Waals surface area contributed by atoms with Gasteiger partial charge in [-0.2, -0.15) is 0 Å². The molecule has 0 aromatic carbocycles. The molecule has 0 radical (unpaired) electrons. The molecule has 0 atom stereocenters. The van der Waals surface area contributed by atoms with E-state index in [1.807, 2.05) is 13.8 Å². The highest BCUT2D eigenvalue weighted by Gasteiger charge is 2.20. The molecule has 3 nitrogen and oxygen atoms in total. The number of aliphatic hydroxyl groups excluding tert-OH is 1. The Bertz CT molecular complexity index is 184. The summed E-state index contributed by atoms with van der Waals surface area (Å²) >= 11 is 0. The highest BCUT2D eigenvalue weighted by Crippen LogP contribution is 2.16. The van der Waals surface area contributed by atoms with Crippen molar-refractivity contribution in [1.29, 1.82) is 0 Å². The lowest BCUT2D eigenvalue weighted by Crippen LogP contribution is -2.39. The van der Waals surface area contributed by atoms with E-state index in [2.05, 4.69) is 4.90 Å². The maximum absolute atomic E-state index is 11.5. The van der Waals surface area contributed by atoms with Gasteiger partial charge in [0.25, 0.3) is 0 Å². The lowest BCUT2D eigenvalue weighted by Gasteiger charge is -2.30. The van der Waals surface area contributed by atoms with Crippen LogP contribution < -0.4 is 0 Å². The highest BCUT2D eigenvalue weighted by molar-refractivity contribution is 5.82. The molecule has 0 unspecified atom stereocenters. The minimum atomic E-state index is 0.144. The van der Waals surface area contributed by atoms with Gasteiger partial charge in [-0.25, -0.2) is 0 Å². The standard InChI is InChI=1S/C11H21NO2/c1-9(2)11(14)7-12-5-3-10(8-13)4-6-12/h9-10,13H,3-8H2,1-2H3. The summed E-state index contributed by atoms with van der Waals surface area (Å²) in [6.07, 6.45) is 2.06. The van der Waals surface area contributed by atoms with Crippen LogP contribution in [0.4, 0.5) is 0 Å². The molecular weight excluding hydrogens is 178 g/mol. The Labute approximate surface area is 86.1 Å². The smallest absolute Gasteiger partial charge is 0.149 e. The number of likely N-dealkylation sites (tertiary alicyclic amines) is 1. The predicted octanol–water partition coefficient (Wildman–Crippen LogP) is 0.916. The number of hydrogen-bond acceptors (Lipinski definition) is 3. The fourth-order valence-corrected chi connectivity index (χ4v) is 1.73. The van der Waals surface area contributed by atoms with Crippen LogP contribution in [0.3, 0.4) is 0 Å². The number of carbonyl (C=O) groups is 1. The SMILES string of the molecule is CC(C)C(=O)CN1CCC(CO)CC1. The van der Waals surface area contributed by atoms with Gasteiger partial charge in [0.2, 0.25) is 0 Å². The monoisotopic (exact) mass is 199 g/mol. The van der Waals surface area contributed by atoms with E-state index in [0.29, 0.717) is 24.9 Å². The minimum absolute atomic E-state index is 0.144. The summed E-state index contributed by atoms with van der Waals surface area (Å²) in [5, 5.41) is 8.96. The number of ketones is 1. The number of piperidine rings is 1. The van der Waals surface area contributed by atoms with E-state index in [-0.39, 0.29) is 5.92 Å². The molecule has 1 heterocycles. The van der Waals surface area contributed by atoms with Crippen molar-refractivity contribution in [2.75, 3.05) is 26.2 Å². The zero-order valence-corrected chi connectivity index (χ0v) is 9.20. The Kier molecular flexibility index (Phi) is 4.55. The normalized spacial score (nSPS) is 20.3. The Hall–Kier alpha value is -0.410. The minimum Gasteiger partial charge on any atom is -0.396 e. The first kappa shape index (κ1) is 11.7. The maximum atomic E-state index is 11.5. The number of aliphatic hydroxyl groups is 1. The molecule has 0 spiro atoms. The predicted molar refractivity (Wildman–Crippen MR) is 56.1 cm³/mol. The van der Waals surface area contributed by atoms with Crippen LogP contribution in [-0.4, -0.2) is 42.0 Å². The summed E-state index contributed by atoms with van der Waals surface area (Å²) in [5.74, 6) is 0.929. The average molecular weight is 199 g/mol. The second-order valence-corrected chi connectivity index (χ2v) is 4.52. The van der Waals surface area contributed by atoms with Gasteiger partial charge in [0, 0.05) is 12.5 Å². The molecule has 1 N–H and O–H groups in total. The third-order valence-corrected chi connectivity index (χ3v) is 2.99. The van der Waals surface area contributed by atoms with Gasteiger partial charge >= 0.3 is 0 Å². The lowest BCUT2D eigenvalue weighted by atomic mass is 9.97. The van der Waals surface area contributed by atoms with Crippen LogP contribution in [0.2, 0.25) is 0 Å². The fourth-order valence-electron chi connectivity index (χ4n) is 1.73. The van der Waals surface area contributed by atoms with Crippen LogP contribution in [0.15, 0.2) is 0 Å². The summed E-state index contributed by atoms with van der Waals surface area (Å²) in [6, 6.07) is 0. The molecular formula is C11H21NO2. The zero-order valence-electron chi connectivity index (χ0n) is 9.20. The zero-order chi connectivity index (χ0) is 10.6.